The van der Waals surface area contributed by atoms with Crippen LogP contribution in [-0.4, -0.2) is 14.5 Å². The molecule has 0 saturated carbocycles. The highest BCUT2D eigenvalue weighted by atomic mass is 16.3. The van der Waals surface area contributed by atoms with Crippen LogP contribution in [0.15, 0.2) is 108 Å². The number of benzene rings is 4. The predicted molar refractivity (Wildman–Crippen MR) is 129 cm³/mol. The highest BCUT2D eigenvalue weighted by molar-refractivity contribution is 6.19. The molecule has 3 heterocycles. The van der Waals surface area contributed by atoms with E-state index in [-0.39, 0.29) is 0 Å². The summed E-state index contributed by atoms with van der Waals surface area (Å²) in [6.07, 6.45) is 1.83. The van der Waals surface area contributed by atoms with Gasteiger partial charge in [0.05, 0.1) is 27.6 Å². The van der Waals surface area contributed by atoms with Gasteiger partial charge in [-0.2, -0.15) is 0 Å². The standard InChI is InChI=1S/C28H17N3O/c1-2-8-18(9-3-1)28-30-22-15-16-25-26(27(22)32-28)20-10-4-5-13-24(20)31(25)23-14-6-12-21-19(23)11-7-17-29-21/h1-17H. The van der Waals surface area contributed by atoms with Gasteiger partial charge in [-0.05, 0) is 54.6 Å². The molecular formula is C28H17N3O. The van der Waals surface area contributed by atoms with Gasteiger partial charge in [0.25, 0.3) is 0 Å². The summed E-state index contributed by atoms with van der Waals surface area (Å²) in [6.45, 7) is 0. The van der Waals surface area contributed by atoms with Gasteiger partial charge in [0, 0.05) is 22.5 Å². The second-order valence-corrected chi connectivity index (χ2v) is 7.89. The van der Waals surface area contributed by atoms with Crippen LogP contribution in [0.4, 0.5) is 0 Å². The van der Waals surface area contributed by atoms with E-state index in [0.717, 1.165) is 55.1 Å². The Bertz CT molecular complexity index is 1770. The Morgan fingerprint density at radius 2 is 1.47 bits per heavy atom. The molecule has 4 nitrogen and oxygen atoms in total. The first kappa shape index (κ1) is 17.3. The van der Waals surface area contributed by atoms with E-state index in [1.807, 2.05) is 54.7 Å². The zero-order chi connectivity index (χ0) is 21.1. The van der Waals surface area contributed by atoms with Crippen molar-refractivity contribution in [3.63, 3.8) is 0 Å². The van der Waals surface area contributed by atoms with E-state index in [9.17, 15) is 0 Å². The van der Waals surface area contributed by atoms with Gasteiger partial charge in [-0.25, -0.2) is 4.98 Å². The summed E-state index contributed by atoms with van der Waals surface area (Å²) in [5, 5.41) is 3.33. The van der Waals surface area contributed by atoms with Crippen molar-refractivity contribution in [1.29, 1.82) is 0 Å². The maximum absolute atomic E-state index is 6.38. The molecule has 0 spiro atoms. The van der Waals surface area contributed by atoms with Crippen LogP contribution in [0.1, 0.15) is 0 Å². The summed E-state index contributed by atoms with van der Waals surface area (Å²) in [6, 6.07) is 33.1. The molecule has 0 saturated heterocycles. The molecule has 0 N–H and O–H groups in total. The van der Waals surface area contributed by atoms with Crippen LogP contribution in [0.3, 0.4) is 0 Å². The topological polar surface area (TPSA) is 43.9 Å². The molecule has 150 valence electrons. The summed E-state index contributed by atoms with van der Waals surface area (Å²) < 4.78 is 8.68. The van der Waals surface area contributed by atoms with Gasteiger partial charge in [-0.3, -0.25) is 4.98 Å². The van der Waals surface area contributed by atoms with Crippen molar-refractivity contribution in [2.45, 2.75) is 0 Å². The molecule has 0 atom stereocenters. The van der Waals surface area contributed by atoms with E-state index in [1.165, 1.54) is 0 Å². The fraction of sp³-hybridized carbons (Fsp3) is 0. The molecule has 0 amide bonds. The summed E-state index contributed by atoms with van der Waals surface area (Å²) in [5.41, 5.74) is 6.94. The number of fused-ring (bicyclic) bond motifs is 6. The monoisotopic (exact) mass is 411 g/mol. The van der Waals surface area contributed by atoms with Crippen molar-refractivity contribution in [2.75, 3.05) is 0 Å². The van der Waals surface area contributed by atoms with Crippen LogP contribution in [-0.2, 0) is 0 Å². The van der Waals surface area contributed by atoms with Crippen LogP contribution in [0.25, 0.3) is 61.0 Å². The Morgan fingerprint density at radius 1 is 0.625 bits per heavy atom. The number of hydrogen-bond donors (Lipinski definition) is 0. The first-order valence-electron chi connectivity index (χ1n) is 10.6. The number of hydrogen-bond acceptors (Lipinski definition) is 3. The number of para-hydroxylation sites is 1. The van der Waals surface area contributed by atoms with Gasteiger partial charge in [-0.15, -0.1) is 0 Å². The fourth-order valence-corrected chi connectivity index (χ4v) is 4.68. The summed E-state index contributed by atoms with van der Waals surface area (Å²) in [4.78, 5) is 9.34. The lowest BCUT2D eigenvalue weighted by molar-refractivity contribution is 0.623. The SMILES string of the molecule is c1ccc(-c2nc3ccc4c(c5ccccc5n4-c4cccc5ncccc45)c3o2)cc1. The molecule has 0 unspecified atom stereocenters. The third kappa shape index (κ3) is 2.38. The van der Waals surface area contributed by atoms with Crippen molar-refractivity contribution in [1.82, 2.24) is 14.5 Å². The van der Waals surface area contributed by atoms with Crippen molar-refractivity contribution < 1.29 is 4.42 Å². The largest absolute Gasteiger partial charge is 0.435 e. The summed E-state index contributed by atoms with van der Waals surface area (Å²) in [5.74, 6) is 0.638. The minimum atomic E-state index is 0.638. The van der Waals surface area contributed by atoms with Crippen molar-refractivity contribution >= 4 is 43.8 Å². The molecule has 0 aliphatic carbocycles. The van der Waals surface area contributed by atoms with Crippen LogP contribution >= 0.6 is 0 Å². The quantitative estimate of drug-likeness (QED) is 0.304. The minimum Gasteiger partial charge on any atom is -0.435 e. The van der Waals surface area contributed by atoms with Gasteiger partial charge in [0.1, 0.15) is 5.52 Å². The molecule has 0 radical (unpaired) electrons. The highest BCUT2D eigenvalue weighted by Gasteiger charge is 2.19. The molecule has 4 aromatic carbocycles. The van der Waals surface area contributed by atoms with Gasteiger partial charge in [-0.1, -0.05) is 42.5 Å². The maximum atomic E-state index is 6.38. The summed E-state index contributed by atoms with van der Waals surface area (Å²) >= 11 is 0. The molecule has 4 heteroatoms. The smallest absolute Gasteiger partial charge is 0.227 e. The predicted octanol–water partition coefficient (Wildman–Crippen LogP) is 7.14. The summed E-state index contributed by atoms with van der Waals surface area (Å²) in [7, 11) is 0. The maximum Gasteiger partial charge on any atom is 0.227 e. The molecule has 7 aromatic rings. The average Bonchev–Trinajstić information content (AvgIpc) is 3.43. The van der Waals surface area contributed by atoms with Crippen molar-refractivity contribution in [3.8, 4) is 17.1 Å². The van der Waals surface area contributed by atoms with Crippen molar-refractivity contribution in [2.24, 2.45) is 0 Å². The molecule has 0 fully saturated rings. The highest BCUT2D eigenvalue weighted by Crippen LogP contribution is 2.39. The Balaban J connectivity index is 1.62. The molecule has 3 aromatic heterocycles. The zero-order valence-electron chi connectivity index (χ0n) is 17.1. The van der Waals surface area contributed by atoms with Crippen LogP contribution in [0.2, 0.25) is 0 Å². The average molecular weight is 411 g/mol. The number of nitrogens with zero attached hydrogens (tertiary/aromatic N) is 3. The molecule has 0 bridgehead atoms. The lowest BCUT2D eigenvalue weighted by Gasteiger charge is -2.10. The second-order valence-electron chi connectivity index (χ2n) is 7.89. The zero-order valence-corrected chi connectivity index (χ0v) is 17.1. The molecule has 0 aliphatic rings. The van der Waals surface area contributed by atoms with Gasteiger partial charge >= 0.3 is 0 Å². The van der Waals surface area contributed by atoms with E-state index in [2.05, 4.69) is 58.1 Å². The van der Waals surface area contributed by atoms with E-state index in [4.69, 9.17) is 9.40 Å². The molecular weight excluding hydrogens is 394 g/mol. The number of pyridine rings is 1. The van der Waals surface area contributed by atoms with Gasteiger partial charge in [0.15, 0.2) is 5.58 Å². The van der Waals surface area contributed by atoms with E-state index < -0.39 is 0 Å². The normalized spacial score (nSPS) is 11.8. The number of oxazole rings is 1. The molecule has 0 aliphatic heterocycles. The van der Waals surface area contributed by atoms with Crippen molar-refractivity contribution in [3.05, 3.63) is 103 Å². The first-order valence-corrected chi connectivity index (χ1v) is 10.6. The minimum absolute atomic E-state index is 0.638. The number of aromatic nitrogens is 3. The molecule has 7 rings (SSSR count). The molecule has 32 heavy (non-hydrogen) atoms. The Labute approximate surface area is 183 Å². The number of rotatable bonds is 2. The van der Waals surface area contributed by atoms with E-state index in [0.29, 0.717) is 5.89 Å². The van der Waals surface area contributed by atoms with Crippen LogP contribution < -0.4 is 0 Å². The van der Waals surface area contributed by atoms with Gasteiger partial charge in [0.2, 0.25) is 5.89 Å². The Morgan fingerprint density at radius 3 is 2.41 bits per heavy atom. The third-order valence-electron chi connectivity index (χ3n) is 6.08. The van der Waals surface area contributed by atoms with Crippen LogP contribution in [0, 0.1) is 0 Å². The van der Waals surface area contributed by atoms with Gasteiger partial charge < -0.3 is 8.98 Å². The fourth-order valence-electron chi connectivity index (χ4n) is 4.68. The lowest BCUT2D eigenvalue weighted by atomic mass is 10.1. The third-order valence-corrected chi connectivity index (χ3v) is 6.08. The second kappa shape index (κ2) is 6.53. The Hall–Kier alpha value is -4.44. The van der Waals surface area contributed by atoms with Crippen LogP contribution in [0.5, 0.6) is 0 Å². The van der Waals surface area contributed by atoms with E-state index in [1.54, 1.807) is 0 Å². The lowest BCUT2D eigenvalue weighted by Crippen LogP contribution is -1.95. The Kier molecular flexibility index (Phi) is 3.52. The first-order chi connectivity index (χ1) is 15.9. The van der Waals surface area contributed by atoms with E-state index >= 15 is 0 Å².